The number of nitro benzene ring substituents is 1. The Bertz CT molecular complexity index is 623. The molecule has 0 saturated heterocycles. The lowest BCUT2D eigenvalue weighted by atomic mass is 10.0. The molecule has 0 unspecified atom stereocenters. The lowest BCUT2D eigenvalue weighted by Gasteiger charge is -2.24. The quantitative estimate of drug-likeness (QED) is 0.360. The molecule has 1 N–H and O–H groups in total. The second kappa shape index (κ2) is 8.07. The molecule has 0 spiro atoms. The number of hydrogen-bond acceptors (Lipinski definition) is 5. The Labute approximate surface area is 134 Å². The van der Waals surface area contributed by atoms with Crippen LogP contribution in [-0.2, 0) is 14.3 Å². The van der Waals surface area contributed by atoms with E-state index < -0.39 is 10.9 Å². The summed E-state index contributed by atoms with van der Waals surface area (Å²) in [6.07, 6.45) is 3.26. The molecular formula is C16H20N2O5. The van der Waals surface area contributed by atoms with E-state index in [4.69, 9.17) is 4.74 Å². The van der Waals surface area contributed by atoms with E-state index >= 15 is 0 Å². The number of benzene rings is 1. The zero-order chi connectivity index (χ0) is 17.5. The van der Waals surface area contributed by atoms with Crippen LogP contribution in [0.15, 0.2) is 30.3 Å². The van der Waals surface area contributed by atoms with Gasteiger partial charge in [0.05, 0.1) is 4.92 Å². The Morgan fingerprint density at radius 2 is 2.09 bits per heavy atom. The maximum Gasteiger partial charge on any atom is 0.331 e. The molecule has 1 aromatic rings. The number of carbonyl (C=O) groups is 2. The van der Waals surface area contributed by atoms with Crippen molar-refractivity contribution in [3.8, 4) is 0 Å². The lowest BCUT2D eigenvalue weighted by molar-refractivity contribution is -0.384. The number of non-ortho nitro benzene ring substituents is 1. The van der Waals surface area contributed by atoms with Crippen LogP contribution in [0.5, 0.6) is 0 Å². The van der Waals surface area contributed by atoms with Crippen LogP contribution in [0.4, 0.5) is 5.69 Å². The number of nitrogens with zero attached hydrogens (tertiary/aromatic N) is 1. The molecule has 1 amide bonds. The van der Waals surface area contributed by atoms with Gasteiger partial charge in [-0.1, -0.05) is 19.1 Å². The molecule has 0 heterocycles. The molecule has 0 aliphatic rings. The molecule has 1 rings (SSSR count). The predicted octanol–water partition coefficient (Wildman–Crippen LogP) is 2.46. The zero-order valence-corrected chi connectivity index (χ0v) is 13.4. The van der Waals surface area contributed by atoms with Crippen molar-refractivity contribution in [3.63, 3.8) is 0 Å². The Balaban J connectivity index is 2.52. The van der Waals surface area contributed by atoms with Gasteiger partial charge in [0.15, 0.2) is 6.61 Å². The first kappa shape index (κ1) is 18.3. The van der Waals surface area contributed by atoms with Crippen molar-refractivity contribution in [3.05, 3.63) is 46.0 Å². The maximum atomic E-state index is 11.6. The highest BCUT2D eigenvalue weighted by molar-refractivity contribution is 5.89. The van der Waals surface area contributed by atoms with Crippen molar-refractivity contribution < 1.29 is 19.2 Å². The first-order chi connectivity index (χ1) is 10.7. The highest BCUT2D eigenvalue weighted by Crippen LogP contribution is 2.14. The SMILES string of the molecule is CCC(C)(C)NC(=O)COC(=O)/C=C/c1cccc([N+](=O)[O-])c1. The molecule has 0 aliphatic heterocycles. The smallest absolute Gasteiger partial charge is 0.331 e. The minimum atomic E-state index is -0.694. The molecule has 23 heavy (non-hydrogen) atoms. The molecule has 0 saturated carbocycles. The third-order valence-electron chi connectivity index (χ3n) is 3.20. The normalized spacial score (nSPS) is 11.3. The number of rotatable bonds is 7. The minimum absolute atomic E-state index is 0.0679. The van der Waals surface area contributed by atoms with Crippen LogP contribution >= 0.6 is 0 Å². The summed E-state index contributed by atoms with van der Waals surface area (Å²) < 4.78 is 4.82. The molecule has 0 atom stereocenters. The van der Waals surface area contributed by atoms with E-state index in [0.717, 1.165) is 12.5 Å². The van der Waals surface area contributed by atoms with Gasteiger partial charge in [0.25, 0.3) is 11.6 Å². The first-order valence-corrected chi connectivity index (χ1v) is 7.14. The van der Waals surface area contributed by atoms with Crippen molar-refractivity contribution in [1.29, 1.82) is 0 Å². The van der Waals surface area contributed by atoms with E-state index in [9.17, 15) is 19.7 Å². The number of carbonyl (C=O) groups excluding carboxylic acids is 2. The molecule has 1 aromatic carbocycles. The first-order valence-electron chi connectivity index (χ1n) is 7.14. The Morgan fingerprint density at radius 1 is 1.39 bits per heavy atom. The van der Waals surface area contributed by atoms with Crippen LogP contribution in [-0.4, -0.2) is 28.9 Å². The second-order valence-corrected chi connectivity index (χ2v) is 5.58. The van der Waals surface area contributed by atoms with E-state index in [1.54, 1.807) is 6.07 Å². The summed E-state index contributed by atoms with van der Waals surface area (Å²) in [4.78, 5) is 33.3. The van der Waals surface area contributed by atoms with Crippen molar-refractivity contribution in [2.45, 2.75) is 32.7 Å². The summed E-state index contributed by atoms with van der Waals surface area (Å²) in [6.45, 7) is 5.31. The summed E-state index contributed by atoms with van der Waals surface area (Å²) >= 11 is 0. The van der Waals surface area contributed by atoms with Crippen molar-refractivity contribution in [2.75, 3.05) is 6.61 Å². The van der Waals surface area contributed by atoms with Crippen molar-refractivity contribution >= 4 is 23.6 Å². The number of ether oxygens (including phenoxy) is 1. The van der Waals surface area contributed by atoms with Gasteiger partial charge >= 0.3 is 5.97 Å². The number of nitrogens with one attached hydrogen (secondary N) is 1. The molecule has 7 heteroatoms. The van der Waals surface area contributed by atoms with Gasteiger partial charge in [-0.15, -0.1) is 0 Å². The van der Waals surface area contributed by atoms with Gasteiger partial charge in [0, 0.05) is 23.7 Å². The number of nitro groups is 1. The monoisotopic (exact) mass is 320 g/mol. The average molecular weight is 320 g/mol. The van der Waals surface area contributed by atoms with Crippen LogP contribution in [0.3, 0.4) is 0 Å². The summed E-state index contributed by atoms with van der Waals surface area (Å²) in [5.41, 5.74) is 0.0666. The maximum absolute atomic E-state index is 11.6. The van der Waals surface area contributed by atoms with Crippen LogP contribution in [0.1, 0.15) is 32.8 Å². The van der Waals surface area contributed by atoms with Gasteiger partial charge in [-0.25, -0.2) is 4.79 Å². The summed E-state index contributed by atoms with van der Waals surface area (Å²) in [7, 11) is 0. The number of amides is 1. The van der Waals surface area contributed by atoms with E-state index in [1.165, 1.54) is 24.3 Å². The fraction of sp³-hybridized carbons (Fsp3) is 0.375. The summed E-state index contributed by atoms with van der Waals surface area (Å²) in [5, 5.41) is 13.4. The fourth-order valence-corrected chi connectivity index (χ4v) is 1.59. The van der Waals surface area contributed by atoms with Crippen molar-refractivity contribution in [1.82, 2.24) is 5.32 Å². The predicted molar refractivity (Wildman–Crippen MR) is 85.6 cm³/mol. The van der Waals surface area contributed by atoms with Gasteiger partial charge in [-0.05, 0) is 31.9 Å². The van der Waals surface area contributed by atoms with Gasteiger partial charge in [-0.2, -0.15) is 0 Å². The average Bonchev–Trinajstić information content (AvgIpc) is 2.50. The molecule has 7 nitrogen and oxygen atoms in total. The van der Waals surface area contributed by atoms with Crippen LogP contribution in [0, 0.1) is 10.1 Å². The van der Waals surface area contributed by atoms with E-state index in [0.29, 0.717) is 5.56 Å². The van der Waals surface area contributed by atoms with E-state index in [-0.39, 0.29) is 23.7 Å². The van der Waals surface area contributed by atoms with Gasteiger partial charge in [0.2, 0.25) is 0 Å². The number of esters is 1. The van der Waals surface area contributed by atoms with Crippen LogP contribution < -0.4 is 5.32 Å². The largest absolute Gasteiger partial charge is 0.452 e. The van der Waals surface area contributed by atoms with Crippen molar-refractivity contribution in [2.24, 2.45) is 0 Å². The third kappa shape index (κ3) is 6.73. The Hall–Kier alpha value is -2.70. The Morgan fingerprint density at radius 3 is 2.70 bits per heavy atom. The second-order valence-electron chi connectivity index (χ2n) is 5.58. The van der Waals surface area contributed by atoms with Gasteiger partial charge < -0.3 is 10.1 Å². The minimum Gasteiger partial charge on any atom is -0.452 e. The standard InChI is InChI=1S/C16H20N2O5/c1-4-16(2,3)17-14(19)11-23-15(20)9-8-12-6-5-7-13(10-12)18(21)22/h5-10H,4,11H2,1-3H3,(H,17,19)/b9-8+. The summed E-state index contributed by atoms with van der Waals surface area (Å²) in [5.74, 6) is -1.07. The molecule has 0 aliphatic carbocycles. The molecule has 0 fully saturated rings. The van der Waals surface area contributed by atoms with Crippen LogP contribution in [0.25, 0.3) is 6.08 Å². The molecule has 0 aromatic heterocycles. The topological polar surface area (TPSA) is 98.5 Å². The fourth-order valence-electron chi connectivity index (χ4n) is 1.59. The van der Waals surface area contributed by atoms with E-state index in [2.05, 4.69) is 5.32 Å². The highest BCUT2D eigenvalue weighted by atomic mass is 16.6. The molecule has 0 bridgehead atoms. The van der Waals surface area contributed by atoms with Crippen LogP contribution in [0.2, 0.25) is 0 Å². The number of hydrogen-bond donors (Lipinski definition) is 1. The molecular weight excluding hydrogens is 300 g/mol. The highest BCUT2D eigenvalue weighted by Gasteiger charge is 2.18. The van der Waals surface area contributed by atoms with Gasteiger partial charge in [0.1, 0.15) is 0 Å². The van der Waals surface area contributed by atoms with E-state index in [1.807, 2.05) is 20.8 Å². The van der Waals surface area contributed by atoms with Gasteiger partial charge in [-0.3, -0.25) is 14.9 Å². The Kier molecular flexibility index (Phi) is 6.44. The summed E-state index contributed by atoms with van der Waals surface area (Å²) in [6, 6.07) is 5.83. The molecule has 124 valence electrons. The lowest BCUT2D eigenvalue weighted by Crippen LogP contribution is -2.44. The zero-order valence-electron chi connectivity index (χ0n) is 13.4. The third-order valence-corrected chi connectivity index (χ3v) is 3.20. The molecule has 0 radical (unpaired) electrons.